The minimum Gasteiger partial charge on any atom is -0.480 e. The van der Waals surface area contributed by atoms with Crippen LogP contribution in [0.15, 0.2) is 30.3 Å². The Labute approximate surface area is 93.5 Å². The number of likely N-dealkylation sites (N-methyl/N-ethyl adjacent to an activating group) is 1. The van der Waals surface area contributed by atoms with Crippen LogP contribution in [0.3, 0.4) is 0 Å². The van der Waals surface area contributed by atoms with Gasteiger partial charge in [0.05, 0.1) is 0 Å². The summed E-state index contributed by atoms with van der Waals surface area (Å²) in [5, 5.41) is 9.14. The topological polar surface area (TPSA) is 57.6 Å². The fourth-order valence-corrected chi connectivity index (χ4v) is 2.21. The van der Waals surface area contributed by atoms with Crippen LogP contribution in [-0.4, -0.2) is 35.0 Å². The van der Waals surface area contributed by atoms with Gasteiger partial charge in [-0.25, -0.2) is 4.79 Å². The quantitative estimate of drug-likeness (QED) is 0.809. The van der Waals surface area contributed by atoms with Crippen LogP contribution in [0.4, 0.5) is 0 Å². The highest BCUT2D eigenvalue weighted by Gasteiger charge is 2.42. The molecule has 2 rings (SSSR count). The zero-order valence-electron chi connectivity index (χ0n) is 8.96. The van der Waals surface area contributed by atoms with Gasteiger partial charge in [0.25, 0.3) is 0 Å². The van der Waals surface area contributed by atoms with E-state index in [1.54, 1.807) is 7.05 Å². The smallest absolute Gasteiger partial charge is 0.327 e. The van der Waals surface area contributed by atoms with Crippen molar-refractivity contribution in [3.05, 3.63) is 35.9 Å². The normalized spacial score (nSPS) is 24.8. The summed E-state index contributed by atoms with van der Waals surface area (Å²) in [7, 11) is 1.55. The number of carbonyl (C=O) groups excluding carboxylic acids is 1. The van der Waals surface area contributed by atoms with Crippen LogP contribution in [0.5, 0.6) is 0 Å². The van der Waals surface area contributed by atoms with Crippen molar-refractivity contribution in [3.8, 4) is 0 Å². The molecule has 0 aliphatic carbocycles. The lowest BCUT2D eigenvalue weighted by atomic mass is 9.92. The van der Waals surface area contributed by atoms with Crippen molar-refractivity contribution in [3.63, 3.8) is 0 Å². The van der Waals surface area contributed by atoms with Crippen LogP contribution in [0.2, 0.25) is 0 Å². The van der Waals surface area contributed by atoms with Crippen molar-refractivity contribution in [2.24, 2.45) is 0 Å². The van der Waals surface area contributed by atoms with Crippen LogP contribution < -0.4 is 0 Å². The van der Waals surface area contributed by atoms with E-state index in [1.807, 2.05) is 30.3 Å². The average Bonchev–Trinajstić information content (AvgIpc) is 2.57. The zero-order chi connectivity index (χ0) is 11.7. The molecule has 0 aromatic heterocycles. The summed E-state index contributed by atoms with van der Waals surface area (Å²) in [4.78, 5) is 24.0. The molecule has 1 saturated heterocycles. The molecule has 1 aliphatic rings. The molecule has 1 amide bonds. The lowest BCUT2D eigenvalue weighted by Gasteiger charge is -2.20. The van der Waals surface area contributed by atoms with Gasteiger partial charge in [0.15, 0.2) is 0 Å². The Hall–Kier alpha value is -1.84. The first kappa shape index (κ1) is 10.7. The molecule has 1 fully saturated rings. The molecular weight excluding hydrogens is 206 g/mol. The largest absolute Gasteiger partial charge is 0.480 e. The van der Waals surface area contributed by atoms with Gasteiger partial charge in [-0.1, -0.05) is 30.3 Å². The minimum absolute atomic E-state index is 0.110. The Balaban J connectivity index is 2.34. The van der Waals surface area contributed by atoms with Gasteiger partial charge in [0, 0.05) is 19.4 Å². The third-order valence-corrected chi connectivity index (χ3v) is 3.07. The third-order valence-electron chi connectivity index (χ3n) is 3.07. The summed E-state index contributed by atoms with van der Waals surface area (Å²) in [5.74, 6) is -1.29. The maximum Gasteiger partial charge on any atom is 0.327 e. The van der Waals surface area contributed by atoms with Gasteiger partial charge >= 0.3 is 5.97 Å². The average molecular weight is 219 g/mol. The maximum absolute atomic E-state index is 11.5. The number of hydrogen-bond donors (Lipinski definition) is 1. The zero-order valence-corrected chi connectivity index (χ0v) is 8.96. The van der Waals surface area contributed by atoms with E-state index < -0.39 is 12.0 Å². The molecule has 0 bridgehead atoms. The molecule has 84 valence electrons. The van der Waals surface area contributed by atoms with Gasteiger partial charge in [-0.15, -0.1) is 0 Å². The van der Waals surface area contributed by atoms with Gasteiger partial charge in [-0.3, -0.25) is 4.79 Å². The first-order chi connectivity index (χ1) is 7.61. The van der Waals surface area contributed by atoms with Crippen LogP contribution in [0.1, 0.15) is 17.9 Å². The lowest BCUT2D eigenvalue weighted by molar-refractivity contribution is -0.145. The number of benzene rings is 1. The first-order valence-electron chi connectivity index (χ1n) is 5.14. The number of hydrogen-bond acceptors (Lipinski definition) is 2. The van der Waals surface area contributed by atoms with E-state index in [2.05, 4.69) is 0 Å². The van der Waals surface area contributed by atoms with Crippen molar-refractivity contribution >= 4 is 11.9 Å². The van der Waals surface area contributed by atoms with Crippen molar-refractivity contribution < 1.29 is 14.7 Å². The van der Waals surface area contributed by atoms with E-state index in [0.717, 1.165) is 5.56 Å². The van der Waals surface area contributed by atoms with E-state index >= 15 is 0 Å². The van der Waals surface area contributed by atoms with E-state index in [4.69, 9.17) is 5.11 Å². The van der Waals surface area contributed by atoms with Gasteiger partial charge < -0.3 is 10.0 Å². The molecule has 2 atom stereocenters. The Morgan fingerprint density at radius 1 is 1.38 bits per heavy atom. The molecule has 1 aliphatic heterocycles. The third kappa shape index (κ3) is 1.66. The molecule has 1 heterocycles. The van der Waals surface area contributed by atoms with Gasteiger partial charge in [0.2, 0.25) is 5.91 Å². The molecular formula is C12H13NO3. The number of carbonyl (C=O) groups is 2. The fourth-order valence-electron chi connectivity index (χ4n) is 2.21. The van der Waals surface area contributed by atoms with Gasteiger partial charge in [-0.2, -0.15) is 0 Å². The number of amides is 1. The van der Waals surface area contributed by atoms with Crippen molar-refractivity contribution in [2.75, 3.05) is 7.05 Å². The van der Waals surface area contributed by atoms with Crippen LogP contribution in [0.25, 0.3) is 0 Å². The molecule has 0 radical (unpaired) electrons. The Morgan fingerprint density at radius 3 is 2.56 bits per heavy atom. The second-order valence-corrected chi connectivity index (χ2v) is 4.01. The lowest BCUT2D eigenvalue weighted by Crippen LogP contribution is -2.37. The maximum atomic E-state index is 11.5. The number of carboxylic acids is 1. The summed E-state index contributed by atoms with van der Waals surface area (Å²) in [6, 6.07) is 8.59. The van der Waals surface area contributed by atoms with Crippen molar-refractivity contribution in [2.45, 2.75) is 18.4 Å². The van der Waals surface area contributed by atoms with Crippen LogP contribution in [0, 0.1) is 0 Å². The van der Waals surface area contributed by atoms with Gasteiger partial charge in [-0.05, 0) is 5.56 Å². The summed E-state index contributed by atoms with van der Waals surface area (Å²) in [6.07, 6.45) is 0.275. The van der Waals surface area contributed by atoms with E-state index in [-0.39, 0.29) is 18.2 Å². The number of aliphatic carboxylic acids is 1. The summed E-state index contributed by atoms with van der Waals surface area (Å²) in [5.41, 5.74) is 0.910. The molecule has 1 N–H and O–H groups in total. The molecule has 0 spiro atoms. The fraction of sp³-hybridized carbons (Fsp3) is 0.333. The van der Waals surface area contributed by atoms with Crippen molar-refractivity contribution in [1.29, 1.82) is 0 Å². The predicted octanol–water partition coefficient (Wildman–Crippen LogP) is 1.09. The van der Waals surface area contributed by atoms with Crippen LogP contribution in [-0.2, 0) is 9.59 Å². The number of likely N-dealkylation sites (tertiary alicyclic amines) is 1. The Bertz CT molecular complexity index is 416. The highest BCUT2D eigenvalue weighted by Crippen LogP contribution is 2.33. The van der Waals surface area contributed by atoms with E-state index in [1.165, 1.54) is 4.90 Å². The molecule has 1 aromatic rings. The highest BCUT2D eigenvalue weighted by molar-refractivity contribution is 5.89. The highest BCUT2D eigenvalue weighted by atomic mass is 16.4. The summed E-state index contributed by atoms with van der Waals surface area (Å²) in [6.45, 7) is 0. The van der Waals surface area contributed by atoms with Crippen molar-refractivity contribution in [1.82, 2.24) is 4.90 Å². The molecule has 4 nitrogen and oxygen atoms in total. The van der Waals surface area contributed by atoms with Gasteiger partial charge in [0.1, 0.15) is 6.04 Å². The number of nitrogens with zero attached hydrogens (tertiary/aromatic N) is 1. The number of carboxylic acid groups (broad SMARTS) is 1. The summed E-state index contributed by atoms with van der Waals surface area (Å²) >= 11 is 0. The minimum atomic E-state index is -0.942. The molecule has 16 heavy (non-hydrogen) atoms. The second kappa shape index (κ2) is 3.96. The summed E-state index contributed by atoms with van der Waals surface area (Å²) < 4.78 is 0. The number of rotatable bonds is 2. The van der Waals surface area contributed by atoms with Crippen LogP contribution >= 0.6 is 0 Å². The predicted molar refractivity (Wildman–Crippen MR) is 58.0 cm³/mol. The molecule has 1 aromatic carbocycles. The molecule has 1 unspecified atom stereocenters. The monoisotopic (exact) mass is 219 g/mol. The SMILES string of the molecule is CN1C(=O)CC(c2ccccc2)[C@H]1C(=O)O. The standard InChI is InChI=1S/C12H13NO3/c1-13-10(14)7-9(11(13)12(15)16)8-5-3-2-4-6-8/h2-6,9,11H,7H2,1H3,(H,15,16)/t9?,11-/m0/s1. The molecule has 4 heteroatoms. The van der Waals surface area contributed by atoms with E-state index in [9.17, 15) is 9.59 Å². The molecule has 0 saturated carbocycles. The van der Waals surface area contributed by atoms with E-state index in [0.29, 0.717) is 0 Å². The Morgan fingerprint density at radius 2 is 2.00 bits per heavy atom. The Kier molecular flexibility index (Phi) is 2.64. The second-order valence-electron chi connectivity index (χ2n) is 4.01. The first-order valence-corrected chi connectivity index (χ1v) is 5.14.